The van der Waals surface area contributed by atoms with Crippen molar-refractivity contribution in [2.45, 2.75) is 18.9 Å². The van der Waals surface area contributed by atoms with Crippen LogP contribution in [0.3, 0.4) is 0 Å². The molecule has 0 aliphatic carbocycles. The predicted octanol–water partition coefficient (Wildman–Crippen LogP) is 1.19. The summed E-state index contributed by atoms with van der Waals surface area (Å²) < 4.78 is 9.40. The highest BCUT2D eigenvalue weighted by Crippen LogP contribution is 2.18. The van der Waals surface area contributed by atoms with E-state index in [0.29, 0.717) is 11.3 Å². The standard InChI is InChI=1S/C13H16O5/c1-13(16,12(15)18-3)8-11(14)9-4-6-10(17-2)7-5-9/h4-7,16H,8H2,1-3H3/t13-/m0/s1. The van der Waals surface area contributed by atoms with E-state index in [0.717, 1.165) is 7.11 Å². The van der Waals surface area contributed by atoms with E-state index in [1.807, 2.05) is 0 Å². The number of ketones is 1. The molecule has 0 aliphatic heterocycles. The molecule has 0 saturated carbocycles. The molecule has 1 atom stereocenters. The Hall–Kier alpha value is -1.88. The molecular weight excluding hydrogens is 236 g/mol. The minimum absolute atomic E-state index is 0.327. The van der Waals surface area contributed by atoms with Crippen LogP contribution in [-0.4, -0.2) is 36.7 Å². The molecule has 0 amide bonds. The first-order valence-electron chi connectivity index (χ1n) is 5.39. The molecule has 1 rings (SSSR count). The number of hydrogen-bond acceptors (Lipinski definition) is 5. The third-order valence-corrected chi connectivity index (χ3v) is 2.54. The molecule has 0 fully saturated rings. The SMILES string of the molecule is COC(=O)[C@@](C)(O)CC(=O)c1ccc(OC)cc1. The van der Waals surface area contributed by atoms with Gasteiger partial charge in [0.05, 0.1) is 20.6 Å². The molecule has 0 heterocycles. The summed E-state index contributed by atoms with van der Waals surface area (Å²) in [5, 5.41) is 9.80. The highest BCUT2D eigenvalue weighted by molar-refractivity contribution is 5.99. The van der Waals surface area contributed by atoms with Gasteiger partial charge < -0.3 is 14.6 Å². The van der Waals surface area contributed by atoms with Gasteiger partial charge in [-0.25, -0.2) is 4.79 Å². The van der Waals surface area contributed by atoms with E-state index < -0.39 is 11.6 Å². The molecule has 98 valence electrons. The molecule has 0 radical (unpaired) electrons. The monoisotopic (exact) mass is 252 g/mol. The lowest BCUT2D eigenvalue weighted by Crippen LogP contribution is -2.38. The molecule has 0 saturated heterocycles. The lowest BCUT2D eigenvalue weighted by molar-refractivity contribution is -0.160. The van der Waals surface area contributed by atoms with Gasteiger partial charge in [-0.1, -0.05) is 0 Å². The Balaban J connectivity index is 2.78. The van der Waals surface area contributed by atoms with Crippen molar-refractivity contribution in [2.24, 2.45) is 0 Å². The van der Waals surface area contributed by atoms with E-state index >= 15 is 0 Å². The Bertz CT molecular complexity index is 433. The highest BCUT2D eigenvalue weighted by atomic mass is 16.5. The fourth-order valence-electron chi connectivity index (χ4n) is 1.48. The molecule has 1 N–H and O–H groups in total. The smallest absolute Gasteiger partial charge is 0.338 e. The van der Waals surface area contributed by atoms with Gasteiger partial charge in [-0.2, -0.15) is 0 Å². The second-order valence-corrected chi connectivity index (χ2v) is 4.09. The number of ether oxygens (including phenoxy) is 2. The number of rotatable bonds is 5. The quantitative estimate of drug-likeness (QED) is 0.629. The number of Topliss-reactive ketones (excluding diaryl/α,β-unsaturated/α-hetero) is 1. The van der Waals surface area contributed by atoms with Gasteiger partial charge in [-0.3, -0.25) is 4.79 Å². The van der Waals surface area contributed by atoms with Crippen LogP contribution in [0.2, 0.25) is 0 Å². The lowest BCUT2D eigenvalue weighted by atomic mass is 9.96. The zero-order valence-corrected chi connectivity index (χ0v) is 10.6. The minimum Gasteiger partial charge on any atom is -0.497 e. The molecule has 0 aromatic heterocycles. The number of hydrogen-bond donors (Lipinski definition) is 1. The van der Waals surface area contributed by atoms with Crippen molar-refractivity contribution >= 4 is 11.8 Å². The summed E-state index contributed by atoms with van der Waals surface area (Å²) in [6, 6.07) is 6.43. The number of esters is 1. The van der Waals surface area contributed by atoms with Crippen LogP contribution in [0.25, 0.3) is 0 Å². The van der Waals surface area contributed by atoms with Gasteiger partial charge in [0.25, 0.3) is 0 Å². The van der Waals surface area contributed by atoms with Crippen molar-refractivity contribution in [3.63, 3.8) is 0 Å². The van der Waals surface area contributed by atoms with Crippen LogP contribution in [0.4, 0.5) is 0 Å². The van der Waals surface area contributed by atoms with Crippen molar-refractivity contribution in [3.8, 4) is 5.75 Å². The maximum absolute atomic E-state index is 11.9. The largest absolute Gasteiger partial charge is 0.497 e. The van der Waals surface area contributed by atoms with Crippen LogP contribution in [0, 0.1) is 0 Å². The number of benzene rings is 1. The van der Waals surface area contributed by atoms with Crippen molar-refractivity contribution in [1.29, 1.82) is 0 Å². The van der Waals surface area contributed by atoms with E-state index in [9.17, 15) is 14.7 Å². The van der Waals surface area contributed by atoms with E-state index in [1.165, 1.54) is 14.0 Å². The van der Waals surface area contributed by atoms with Crippen molar-refractivity contribution < 1.29 is 24.2 Å². The molecule has 0 bridgehead atoms. The number of methoxy groups -OCH3 is 2. The maximum atomic E-state index is 11.9. The Morgan fingerprint density at radius 2 is 1.78 bits per heavy atom. The topological polar surface area (TPSA) is 72.8 Å². The van der Waals surface area contributed by atoms with Crippen molar-refractivity contribution in [3.05, 3.63) is 29.8 Å². The van der Waals surface area contributed by atoms with E-state index in [2.05, 4.69) is 4.74 Å². The predicted molar refractivity (Wildman–Crippen MR) is 64.6 cm³/mol. The van der Waals surface area contributed by atoms with Crippen LogP contribution in [0.1, 0.15) is 23.7 Å². The van der Waals surface area contributed by atoms with E-state index in [4.69, 9.17) is 4.74 Å². The summed E-state index contributed by atoms with van der Waals surface area (Å²) >= 11 is 0. The number of aliphatic hydroxyl groups is 1. The average molecular weight is 252 g/mol. The summed E-state index contributed by atoms with van der Waals surface area (Å²) in [5.41, 5.74) is -1.41. The molecule has 5 heteroatoms. The third kappa shape index (κ3) is 3.30. The van der Waals surface area contributed by atoms with Gasteiger partial charge in [-0.05, 0) is 31.2 Å². The lowest BCUT2D eigenvalue weighted by Gasteiger charge is -2.19. The Morgan fingerprint density at radius 3 is 2.22 bits per heavy atom. The van der Waals surface area contributed by atoms with E-state index in [-0.39, 0.29) is 12.2 Å². The first kappa shape index (κ1) is 14.2. The zero-order chi connectivity index (χ0) is 13.8. The highest BCUT2D eigenvalue weighted by Gasteiger charge is 2.34. The normalized spacial score (nSPS) is 13.6. The van der Waals surface area contributed by atoms with Gasteiger partial charge in [0, 0.05) is 5.56 Å². The fourth-order valence-corrected chi connectivity index (χ4v) is 1.48. The van der Waals surface area contributed by atoms with Crippen LogP contribution in [0.15, 0.2) is 24.3 Å². The molecule has 0 spiro atoms. The second-order valence-electron chi connectivity index (χ2n) is 4.09. The first-order valence-corrected chi connectivity index (χ1v) is 5.39. The number of carbonyl (C=O) groups is 2. The second kappa shape index (κ2) is 5.64. The summed E-state index contributed by atoms with van der Waals surface area (Å²) in [7, 11) is 2.69. The Morgan fingerprint density at radius 1 is 1.22 bits per heavy atom. The summed E-state index contributed by atoms with van der Waals surface area (Å²) in [4.78, 5) is 23.1. The fraction of sp³-hybridized carbons (Fsp3) is 0.385. The Kier molecular flexibility index (Phi) is 4.44. The molecule has 0 aliphatic rings. The molecular formula is C13H16O5. The average Bonchev–Trinajstić information content (AvgIpc) is 2.37. The number of carbonyl (C=O) groups excluding carboxylic acids is 2. The minimum atomic E-state index is -1.81. The van der Waals surface area contributed by atoms with E-state index in [1.54, 1.807) is 24.3 Å². The van der Waals surface area contributed by atoms with Crippen molar-refractivity contribution in [2.75, 3.05) is 14.2 Å². The maximum Gasteiger partial charge on any atom is 0.338 e. The molecule has 5 nitrogen and oxygen atoms in total. The van der Waals surface area contributed by atoms with Crippen LogP contribution >= 0.6 is 0 Å². The Labute approximate surface area is 105 Å². The van der Waals surface area contributed by atoms with Crippen molar-refractivity contribution in [1.82, 2.24) is 0 Å². The van der Waals surface area contributed by atoms with Gasteiger partial charge in [0.15, 0.2) is 11.4 Å². The zero-order valence-electron chi connectivity index (χ0n) is 10.6. The van der Waals surface area contributed by atoms with Crippen LogP contribution < -0.4 is 4.74 Å². The summed E-state index contributed by atoms with van der Waals surface area (Å²) in [6.45, 7) is 1.25. The molecule has 1 aromatic rings. The summed E-state index contributed by atoms with van der Waals surface area (Å²) in [6.07, 6.45) is -0.327. The first-order chi connectivity index (χ1) is 8.40. The van der Waals surface area contributed by atoms with Crippen LogP contribution in [-0.2, 0) is 9.53 Å². The van der Waals surface area contributed by atoms with Gasteiger partial charge in [0.2, 0.25) is 0 Å². The van der Waals surface area contributed by atoms with Gasteiger partial charge in [0.1, 0.15) is 5.75 Å². The van der Waals surface area contributed by atoms with Gasteiger partial charge >= 0.3 is 5.97 Å². The van der Waals surface area contributed by atoms with Crippen LogP contribution in [0.5, 0.6) is 5.75 Å². The summed E-state index contributed by atoms with van der Waals surface area (Å²) in [5.74, 6) is -0.538. The third-order valence-electron chi connectivity index (χ3n) is 2.54. The molecule has 1 aromatic carbocycles. The molecule has 18 heavy (non-hydrogen) atoms. The molecule has 0 unspecified atom stereocenters. The van der Waals surface area contributed by atoms with Gasteiger partial charge in [-0.15, -0.1) is 0 Å².